The molecule has 156 valence electrons. The third kappa shape index (κ3) is 4.24. The Labute approximate surface area is 179 Å². The molecule has 0 bridgehead atoms. The van der Waals surface area contributed by atoms with Crippen LogP contribution in [0.15, 0.2) is 30.3 Å². The lowest BCUT2D eigenvalue weighted by molar-refractivity contribution is 0.212. The van der Waals surface area contributed by atoms with Gasteiger partial charge in [-0.2, -0.15) is 0 Å². The first-order valence-corrected chi connectivity index (χ1v) is 10.7. The smallest absolute Gasteiger partial charge is 0.397 e. The minimum absolute atomic E-state index is 0.235. The van der Waals surface area contributed by atoms with Crippen molar-refractivity contribution in [2.45, 2.75) is 25.8 Å². The maximum absolute atomic E-state index is 11.3. The van der Waals surface area contributed by atoms with Crippen molar-refractivity contribution in [3.05, 3.63) is 47.0 Å². The summed E-state index contributed by atoms with van der Waals surface area (Å²) in [6.45, 7) is 3.77. The van der Waals surface area contributed by atoms with Crippen LogP contribution in [0.1, 0.15) is 29.5 Å². The van der Waals surface area contributed by atoms with Crippen LogP contribution in [0.3, 0.4) is 0 Å². The van der Waals surface area contributed by atoms with E-state index in [2.05, 4.69) is 36.1 Å². The van der Waals surface area contributed by atoms with Gasteiger partial charge in [0.2, 0.25) is 5.06 Å². The van der Waals surface area contributed by atoms with Gasteiger partial charge in [0.25, 0.3) is 0 Å². The number of aromatic nitrogens is 1. The van der Waals surface area contributed by atoms with Gasteiger partial charge in [-0.15, -0.1) is 0 Å². The number of carbonyl (C=O) groups is 1. The van der Waals surface area contributed by atoms with Gasteiger partial charge < -0.3 is 26.8 Å². The highest BCUT2D eigenvalue weighted by molar-refractivity contribution is 7.21. The first-order chi connectivity index (χ1) is 14.4. The summed E-state index contributed by atoms with van der Waals surface area (Å²) in [4.78, 5) is 19.0. The minimum Gasteiger partial charge on any atom is -0.397 e. The number of rotatable bonds is 4. The van der Waals surface area contributed by atoms with E-state index in [1.807, 2.05) is 18.2 Å². The van der Waals surface area contributed by atoms with E-state index in [1.165, 1.54) is 16.9 Å². The third-order valence-corrected chi connectivity index (χ3v) is 6.25. The number of thiophene rings is 1. The lowest BCUT2D eigenvalue weighted by Gasteiger charge is -2.31. The van der Waals surface area contributed by atoms with Crippen molar-refractivity contribution < 1.29 is 9.53 Å². The summed E-state index contributed by atoms with van der Waals surface area (Å²) >= 11 is 1.22. The molecule has 0 radical (unpaired) electrons. The summed E-state index contributed by atoms with van der Waals surface area (Å²) in [5.74, 6) is 0.866. The number of pyridine rings is 1. The van der Waals surface area contributed by atoms with Crippen LogP contribution in [0.5, 0.6) is 5.06 Å². The van der Waals surface area contributed by atoms with E-state index in [0.717, 1.165) is 48.3 Å². The number of carbonyl (C=O) groups excluding carboxylic acids is 1. The van der Waals surface area contributed by atoms with E-state index in [9.17, 15) is 4.79 Å². The van der Waals surface area contributed by atoms with Crippen molar-refractivity contribution in [2.24, 2.45) is 11.5 Å². The van der Waals surface area contributed by atoms with Gasteiger partial charge in [-0.25, -0.2) is 9.78 Å². The molecule has 0 spiro atoms. The fourth-order valence-corrected chi connectivity index (χ4v) is 4.55. The number of anilines is 2. The lowest BCUT2D eigenvalue weighted by atomic mass is 10.1. The summed E-state index contributed by atoms with van der Waals surface area (Å²) < 4.78 is 5.10. The summed E-state index contributed by atoms with van der Waals surface area (Å²) in [5, 5.41) is 1.03. The van der Waals surface area contributed by atoms with Crippen LogP contribution < -0.4 is 26.8 Å². The molecule has 4 rings (SSSR count). The highest BCUT2D eigenvalue weighted by Crippen LogP contribution is 2.42. The fourth-order valence-electron chi connectivity index (χ4n) is 3.57. The van der Waals surface area contributed by atoms with Gasteiger partial charge in [-0.05, 0) is 37.0 Å². The van der Waals surface area contributed by atoms with Crippen LogP contribution in [0.4, 0.5) is 16.3 Å². The van der Waals surface area contributed by atoms with Crippen molar-refractivity contribution in [3.63, 3.8) is 0 Å². The number of nitrogen functional groups attached to an aromatic ring is 1. The van der Waals surface area contributed by atoms with E-state index in [0.29, 0.717) is 10.5 Å². The Bertz CT molecular complexity index is 1100. The van der Waals surface area contributed by atoms with Gasteiger partial charge in [0.1, 0.15) is 10.6 Å². The molecule has 2 aromatic heterocycles. The van der Waals surface area contributed by atoms with Crippen molar-refractivity contribution in [1.82, 2.24) is 4.98 Å². The van der Waals surface area contributed by atoms with Crippen LogP contribution >= 0.6 is 11.3 Å². The Kier molecular flexibility index (Phi) is 5.61. The lowest BCUT2D eigenvalue weighted by Crippen LogP contribution is -2.40. The highest BCUT2D eigenvalue weighted by atomic mass is 32.1. The zero-order valence-electron chi connectivity index (χ0n) is 16.8. The van der Waals surface area contributed by atoms with Crippen LogP contribution in [0.25, 0.3) is 22.4 Å². The van der Waals surface area contributed by atoms with Gasteiger partial charge in [0, 0.05) is 24.5 Å². The van der Waals surface area contributed by atoms with Crippen molar-refractivity contribution in [3.8, 4) is 5.06 Å². The Morgan fingerprint density at radius 1 is 1.23 bits per heavy atom. The molecule has 1 fully saturated rings. The molecular formula is C22H25N5O2S. The standard InChI is InChI=1S/C22H25N5O2S/c1-13-2-4-14(5-3-13)6-7-15-12-17(27-10-8-16(23)9-11-27)26-20-18(15)19(24)21(30-20)29-22(25)28/h2-7,12,16H,8-11,23-24H2,1H3,(H2,25,28)/b7-6+. The first-order valence-electron chi connectivity index (χ1n) is 9.86. The number of nitrogens with zero attached hydrogens (tertiary/aromatic N) is 2. The van der Waals surface area contributed by atoms with Crippen molar-refractivity contribution in [1.29, 1.82) is 0 Å². The molecule has 6 N–H and O–H groups in total. The minimum atomic E-state index is -0.893. The Balaban J connectivity index is 1.78. The molecule has 1 aliphatic heterocycles. The quantitative estimate of drug-likeness (QED) is 0.588. The summed E-state index contributed by atoms with van der Waals surface area (Å²) in [7, 11) is 0. The predicted molar refractivity (Wildman–Crippen MR) is 124 cm³/mol. The number of aryl methyl sites for hydroxylation is 1. The van der Waals surface area contributed by atoms with E-state index >= 15 is 0 Å². The summed E-state index contributed by atoms with van der Waals surface area (Å²) in [6.07, 6.45) is 5.02. The Morgan fingerprint density at radius 2 is 1.93 bits per heavy atom. The van der Waals surface area contributed by atoms with Gasteiger partial charge >= 0.3 is 6.09 Å². The van der Waals surface area contributed by atoms with Gasteiger partial charge in [-0.1, -0.05) is 53.3 Å². The number of fused-ring (bicyclic) bond motifs is 1. The van der Waals surface area contributed by atoms with Crippen LogP contribution in [-0.2, 0) is 0 Å². The molecule has 1 aromatic carbocycles. The number of hydrogen-bond donors (Lipinski definition) is 3. The number of benzene rings is 1. The van der Waals surface area contributed by atoms with E-state index in [1.54, 1.807) is 0 Å². The van der Waals surface area contributed by atoms with Crippen molar-refractivity contribution >= 4 is 51.3 Å². The largest absolute Gasteiger partial charge is 0.410 e. The third-order valence-electron chi connectivity index (χ3n) is 5.27. The average molecular weight is 424 g/mol. The van der Waals surface area contributed by atoms with Crippen molar-refractivity contribution in [2.75, 3.05) is 23.7 Å². The number of piperidine rings is 1. The maximum Gasteiger partial charge on any atom is 0.410 e. The molecule has 1 saturated heterocycles. The van der Waals surface area contributed by atoms with E-state index in [4.69, 9.17) is 26.9 Å². The monoisotopic (exact) mass is 423 g/mol. The van der Waals surface area contributed by atoms with Gasteiger partial charge in [0.05, 0.1) is 5.69 Å². The molecule has 0 saturated carbocycles. The number of nitrogens with two attached hydrogens (primary N) is 3. The first kappa shape index (κ1) is 20.2. The van der Waals surface area contributed by atoms with Crippen LogP contribution in [0, 0.1) is 6.92 Å². The molecule has 0 unspecified atom stereocenters. The molecule has 3 aromatic rings. The Morgan fingerprint density at radius 3 is 2.60 bits per heavy atom. The topological polar surface area (TPSA) is 120 Å². The second kappa shape index (κ2) is 8.33. The van der Waals surface area contributed by atoms with E-state index in [-0.39, 0.29) is 11.1 Å². The maximum atomic E-state index is 11.3. The summed E-state index contributed by atoms with van der Waals surface area (Å²) in [5.41, 5.74) is 21.1. The molecule has 0 aliphatic carbocycles. The van der Waals surface area contributed by atoms with Crippen LogP contribution in [-0.4, -0.2) is 30.2 Å². The second-order valence-electron chi connectivity index (χ2n) is 7.54. The number of amides is 1. The number of ether oxygens (including phenoxy) is 1. The number of hydrogen-bond acceptors (Lipinski definition) is 7. The molecular weight excluding hydrogens is 398 g/mol. The molecule has 1 aliphatic rings. The molecule has 3 heterocycles. The van der Waals surface area contributed by atoms with Crippen LogP contribution in [0.2, 0.25) is 0 Å². The van der Waals surface area contributed by atoms with E-state index < -0.39 is 6.09 Å². The van der Waals surface area contributed by atoms with Gasteiger partial charge in [0.15, 0.2) is 0 Å². The molecule has 30 heavy (non-hydrogen) atoms. The molecule has 0 atom stereocenters. The molecule has 8 heteroatoms. The highest BCUT2D eigenvalue weighted by Gasteiger charge is 2.22. The molecule has 7 nitrogen and oxygen atoms in total. The Hall–Kier alpha value is -3.10. The second-order valence-corrected chi connectivity index (χ2v) is 8.50. The SMILES string of the molecule is Cc1ccc(/C=C/c2cc(N3CCC(N)CC3)nc3sc(OC(N)=O)c(N)c23)cc1. The van der Waals surface area contributed by atoms with Gasteiger partial charge in [-0.3, -0.25) is 0 Å². The summed E-state index contributed by atoms with van der Waals surface area (Å²) in [6, 6.07) is 10.5. The fraction of sp³-hybridized carbons (Fsp3) is 0.273. The zero-order chi connectivity index (χ0) is 21.3. The zero-order valence-corrected chi connectivity index (χ0v) is 17.6. The normalized spacial score (nSPS) is 15.2. The predicted octanol–water partition coefficient (Wildman–Crippen LogP) is 3.74. The molecule has 1 amide bonds. The average Bonchev–Trinajstić information content (AvgIpc) is 3.02. The number of primary amides is 1.